The van der Waals surface area contributed by atoms with Crippen molar-refractivity contribution in [3.63, 3.8) is 0 Å². The molecule has 3 rings (SSSR count). The van der Waals surface area contributed by atoms with Crippen molar-refractivity contribution in [2.45, 2.75) is 30.8 Å². The van der Waals surface area contributed by atoms with Crippen LogP contribution in [0.25, 0.3) is 0 Å². The summed E-state index contributed by atoms with van der Waals surface area (Å²) in [6.45, 7) is 0. The van der Waals surface area contributed by atoms with Crippen LogP contribution in [0.2, 0.25) is 0 Å². The van der Waals surface area contributed by atoms with Crippen LogP contribution in [0.4, 0.5) is 5.00 Å². The molecule has 1 aliphatic carbocycles. The van der Waals surface area contributed by atoms with Crippen LogP contribution in [0.15, 0.2) is 11.5 Å². The number of H-pyrrole nitrogens is 1. The number of nitrogens with one attached hydrogen (secondary N) is 2. The Morgan fingerprint density at radius 3 is 2.95 bits per heavy atom. The summed E-state index contributed by atoms with van der Waals surface area (Å²) in [5.41, 5.74) is 7.00. The first-order chi connectivity index (χ1) is 10.6. The number of primary amides is 1. The van der Waals surface area contributed by atoms with Gasteiger partial charge in [0.1, 0.15) is 11.3 Å². The van der Waals surface area contributed by atoms with E-state index in [-0.39, 0.29) is 11.7 Å². The molecular weight excluding hydrogens is 322 g/mol. The van der Waals surface area contributed by atoms with Crippen molar-refractivity contribution in [2.24, 2.45) is 5.73 Å². The van der Waals surface area contributed by atoms with Crippen molar-refractivity contribution in [1.29, 1.82) is 0 Å². The van der Waals surface area contributed by atoms with E-state index in [1.165, 1.54) is 34.3 Å². The third-order valence-corrected chi connectivity index (χ3v) is 5.49. The van der Waals surface area contributed by atoms with Gasteiger partial charge < -0.3 is 11.1 Å². The Morgan fingerprint density at radius 2 is 2.23 bits per heavy atom. The molecule has 2 aromatic heterocycles. The van der Waals surface area contributed by atoms with Gasteiger partial charge in [-0.3, -0.25) is 14.7 Å². The zero-order chi connectivity index (χ0) is 15.5. The average Bonchev–Trinajstić information content (AvgIpc) is 3.11. The zero-order valence-electron chi connectivity index (χ0n) is 11.7. The van der Waals surface area contributed by atoms with Crippen LogP contribution in [0.3, 0.4) is 0 Å². The Balaban J connectivity index is 1.72. The number of nitrogens with two attached hydrogens (primary N) is 1. The van der Waals surface area contributed by atoms with Gasteiger partial charge in [0.2, 0.25) is 5.91 Å². The van der Waals surface area contributed by atoms with Crippen molar-refractivity contribution in [3.05, 3.63) is 22.3 Å². The molecule has 0 unspecified atom stereocenters. The number of carbonyl (C=O) groups is 2. The highest BCUT2D eigenvalue weighted by Gasteiger charge is 2.24. The van der Waals surface area contributed by atoms with E-state index in [0.29, 0.717) is 15.7 Å². The second-order valence-electron chi connectivity index (χ2n) is 4.91. The first-order valence-electron chi connectivity index (χ1n) is 6.87. The van der Waals surface area contributed by atoms with E-state index in [0.717, 1.165) is 31.2 Å². The van der Waals surface area contributed by atoms with E-state index >= 15 is 0 Å². The lowest BCUT2D eigenvalue weighted by Gasteiger charge is -2.11. The fourth-order valence-electron chi connectivity index (χ4n) is 2.48. The summed E-state index contributed by atoms with van der Waals surface area (Å²) in [5, 5.41) is 10.4. The summed E-state index contributed by atoms with van der Waals surface area (Å²) in [6, 6.07) is 0. The maximum atomic E-state index is 12.1. The summed E-state index contributed by atoms with van der Waals surface area (Å²) in [4.78, 5) is 28.9. The molecule has 2 aromatic rings. The molecule has 0 saturated carbocycles. The second kappa shape index (κ2) is 6.49. The van der Waals surface area contributed by atoms with Gasteiger partial charge >= 0.3 is 0 Å². The van der Waals surface area contributed by atoms with E-state index < -0.39 is 5.91 Å². The Morgan fingerprint density at radius 1 is 1.41 bits per heavy atom. The van der Waals surface area contributed by atoms with Gasteiger partial charge in [-0.1, -0.05) is 11.8 Å². The summed E-state index contributed by atoms with van der Waals surface area (Å²) >= 11 is 2.71. The number of carbonyl (C=O) groups excluding carboxylic acids is 2. The summed E-state index contributed by atoms with van der Waals surface area (Å²) in [7, 11) is 0. The number of rotatable bonds is 5. The maximum absolute atomic E-state index is 12.1. The van der Waals surface area contributed by atoms with Gasteiger partial charge in [-0.25, -0.2) is 4.98 Å². The molecule has 4 N–H and O–H groups in total. The fraction of sp³-hybridized carbons (Fsp3) is 0.385. The van der Waals surface area contributed by atoms with Crippen molar-refractivity contribution < 1.29 is 9.59 Å². The molecule has 0 aromatic carbocycles. The monoisotopic (exact) mass is 337 g/mol. The van der Waals surface area contributed by atoms with E-state index in [9.17, 15) is 9.59 Å². The molecule has 0 fully saturated rings. The highest BCUT2D eigenvalue weighted by Crippen LogP contribution is 2.37. The highest BCUT2D eigenvalue weighted by atomic mass is 32.2. The lowest BCUT2D eigenvalue weighted by Crippen LogP contribution is -2.19. The number of fused-ring (bicyclic) bond motifs is 1. The molecule has 1 aliphatic rings. The van der Waals surface area contributed by atoms with Crippen LogP contribution in [0.1, 0.15) is 33.6 Å². The minimum absolute atomic E-state index is 0.190. The van der Waals surface area contributed by atoms with Crippen LogP contribution in [-0.2, 0) is 17.6 Å². The van der Waals surface area contributed by atoms with Crippen LogP contribution in [0, 0.1) is 0 Å². The number of hydrogen-bond donors (Lipinski definition) is 3. The minimum Gasteiger partial charge on any atom is -0.365 e. The molecule has 116 valence electrons. The van der Waals surface area contributed by atoms with Crippen LogP contribution in [-0.4, -0.2) is 32.7 Å². The zero-order valence-corrected chi connectivity index (χ0v) is 13.4. The lowest BCUT2D eigenvalue weighted by atomic mass is 9.95. The summed E-state index contributed by atoms with van der Waals surface area (Å²) in [5.74, 6) is -0.476. The summed E-state index contributed by atoms with van der Waals surface area (Å²) < 4.78 is 0. The number of aromatic nitrogens is 3. The Hall–Kier alpha value is -1.87. The standard InChI is InChI=1S/C13H15N5O2S2/c14-11(20)10-7-3-1-2-4-8(7)22-12(10)17-9(19)5-21-13-15-6-16-18-13/h6H,1-5H2,(H2,14,20)(H,17,19)(H,15,16,18). The van der Waals surface area contributed by atoms with E-state index in [4.69, 9.17) is 5.73 Å². The molecule has 9 heteroatoms. The molecule has 0 atom stereocenters. The number of amides is 2. The average molecular weight is 337 g/mol. The molecule has 0 bridgehead atoms. The van der Waals surface area contributed by atoms with Gasteiger partial charge in [0.15, 0.2) is 5.16 Å². The summed E-state index contributed by atoms with van der Waals surface area (Å²) in [6.07, 6.45) is 5.35. The molecule has 22 heavy (non-hydrogen) atoms. The largest absolute Gasteiger partial charge is 0.365 e. The van der Waals surface area contributed by atoms with E-state index in [1.807, 2.05) is 0 Å². The maximum Gasteiger partial charge on any atom is 0.251 e. The third kappa shape index (κ3) is 3.14. The Kier molecular flexibility index (Phi) is 4.44. The van der Waals surface area contributed by atoms with Crippen molar-refractivity contribution in [2.75, 3.05) is 11.1 Å². The SMILES string of the molecule is NC(=O)c1c(NC(=O)CSc2ncn[nH]2)sc2c1CCCC2. The van der Waals surface area contributed by atoms with Gasteiger partial charge in [-0.05, 0) is 31.2 Å². The number of thioether (sulfide) groups is 1. The van der Waals surface area contributed by atoms with Crippen molar-refractivity contribution >= 4 is 39.9 Å². The van der Waals surface area contributed by atoms with Gasteiger partial charge in [-0.15, -0.1) is 11.3 Å². The molecule has 7 nitrogen and oxygen atoms in total. The molecule has 2 amide bonds. The van der Waals surface area contributed by atoms with Gasteiger partial charge in [0, 0.05) is 4.88 Å². The van der Waals surface area contributed by atoms with Crippen molar-refractivity contribution in [1.82, 2.24) is 15.2 Å². The third-order valence-electron chi connectivity index (χ3n) is 3.40. The minimum atomic E-state index is -0.474. The molecular formula is C13H15N5O2S2. The number of hydrogen-bond acceptors (Lipinski definition) is 6. The first-order valence-corrected chi connectivity index (χ1v) is 8.67. The Labute approximate surface area is 135 Å². The molecule has 0 spiro atoms. The first kappa shape index (κ1) is 15.0. The van der Waals surface area contributed by atoms with E-state index in [2.05, 4.69) is 20.5 Å². The number of nitrogens with zero attached hydrogens (tertiary/aromatic N) is 2. The predicted octanol–water partition coefficient (Wildman–Crippen LogP) is 1.57. The van der Waals surface area contributed by atoms with Gasteiger partial charge in [0.05, 0.1) is 11.3 Å². The van der Waals surface area contributed by atoms with Crippen LogP contribution in [0.5, 0.6) is 0 Å². The molecule has 0 radical (unpaired) electrons. The van der Waals surface area contributed by atoms with Gasteiger partial charge in [-0.2, -0.15) is 5.10 Å². The number of aryl methyl sites for hydroxylation is 1. The molecule has 2 heterocycles. The smallest absolute Gasteiger partial charge is 0.251 e. The van der Waals surface area contributed by atoms with Crippen LogP contribution >= 0.6 is 23.1 Å². The number of aromatic amines is 1. The normalized spacial score (nSPS) is 13.6. The van der Waals surface area contributed by atoms with Gasteiger partial charge in [0.25, 0.3) is 5.91 Å². The highest BCUT2D eigenvalue weighted by molar-refractivity contribution is 7.99. The van der Waals surface area contributed by atoms with E-state index in [1.54, 1.807) is 0 Å². The second-order valence-corrected chi connectivity index (χ2v) is 6.98. The topological polar surface area (TPSA) is 114 Å². The lowest BCUT2D eigenvalue weighted by molar-refractivity contribution is -0.113. The van der Waals surface area contributed by atoms with Crippen molar-refractivity contribution in [3.8, 4) is 0 Å². The quantitative estimate of drug-likeness (QED) is 0.717. The Bertz CT molecular complexity index is 696. The fourth-order valence-corrected chi connectivity index (χ4v) is 4.36. The molecule has 0 saturated heterocycles. The predicted molar refractivity (Wildman–Crippen MR) is 85.2 cm³/mol. The number of thiophene rings is 1. The van der Waals surface area contributed by atoms with Crippen LogP contribution < -0.4 is 11.1 Å². The molecule has 0 aliphatic heterocycles. The number of anilines is 1.